The van der Waals surface area contributed by atoms with Crippen molar-refractivity contribution < 1.29 is 19.1 Å². The molecule has 1 atom stereocenters. The van der Waals surface area contributed by atoms with Crippen molar-refractivity contribution in [3.63, 3.8) is 0 Å². The van der Waals surface area contributed by atoms with Crippen molar-refractivity contribution in [1.82, 2.24) is 0 Å². The first-order chi connectivity index (χ1) is 15.0. The van der Waals surface area contributed by atoms with Crippen LogP contribution < -0.4 is 0 Å². The van der Waals surface area contributed by atoms with E-state index in [-0.39, 0.29) is 11.9 Å². The van der Waals surface area contributed by atoms with Gasteiger partial charge >= 0.3 is 11.9 Å². The van der Waals surface area contributed by atoms with Gasteiger partial charge in [0.2, 0.25) is 0 Å². The monoisotopic (exact) mass is 440 g/mol. The number of esters is 2. The highest BCUT2D eigenvalue weighted by atomic mass is 16.5. The molecule has 184 valence electrons. The number of unbranched alkanes of at least 4 members (excludes halogenated alkanes) is 11. The SMILES string of the molecule is CCCOC(=O)CCCCCCCCCCCCCCC(CC(=O)OCCC)C(C)C. The second kappa shape index (κ2) is 22.1. The van der Waals surface area contributed by atoms with Gasteiger partial charge in [0.1, 0.15) is 0 Å². The van der Waals surface area contributed by atoms with Gasteiger partial charge in [0, 0.05) is 12.8 Å². The van der Waals surface area contributed by atoms with Crippen LogP contribution in [0.5, 0.6) is 0 Å². The molecular formula is C27H52O4. The lowest BCUT2D eigenvalue weighted by Gasteiger charge is -2.20. The van der Waals surface area contributed by atoms with Gasteiger partial charge in [-0.1, -0.05) is 98.3 Å². The van der Waals surface area contributed by atoms with Crippen LogP contribution >= 0.6 is 0 Å². The average molecular weight is 441 g/mol. The van der Waals surface area contributed by atoms with Crippen LogP contribution in [0, 0.1) is 11.8 Å². The number of carbonyl (C=O) groups excluding carboxylic acids is 2. The average Bonchev–Trinajstić information content (AvgIpc) is 2.75. The summed E-state index contributed by atoms with van der Waals surface area (Å²) in [6.45, 7) is 9.61. The molecule has 0 aromatic rings. The first-order valence-electron chi connectivity index (χ1n) is 13.3. The van der Waals surface area contributed by atoms with Gasteiger partial charge in [-0.15, -0.1) is 0 Å². The molecule has 0 aromatic heterocycles. The zero-order valence-electron chi connectivity index (χ0n) is 21.2. The van der Waals surface area contributed by atoms with Gasteiger partial charge in [0.05, 0.1) is 13.2 Å². The molecule has 0 N–H and O–H groups in total. The molecule has 0 saturated heterocycles. The molecule has 0 saturated carbocycles. The lowest BCUT2D eigenvalue weighted by Crippen LogP contribution is -2.16. The molecule has 4 heteroatoms. The molecule has 1 unspecified atom stereocenters. The highest BCUT2D eigenvalue weighted by Gasteiger charge is 2.18. The maximum Gasteiger partial charge on any atom is 0.306 e. The summed E-state index contributed by atoms with van der Waals surface area (Å²) >= 11 is 0. The van der Waals surface area contributed by atoms with E-state index in [4.69, 9.17) is 9.47 Å². The Morgan fingerprint density at radius 3 is 1.48 bits per heavy atom. The molecule has 31 heavy (non-hydrogen) atoms. The lowest BCUT2D eigenvalue weighted by molar-refractivity contribution is -0.145. The highest BCUT2D eigenvalue weighted by Crippen LogP contribution is 2.23. The Kier molecular flexibility index (Phi) is 21.4. The summed E-state index contributed by atoms with van der Waals surface area (Å²) in [7, 11) is 0. The van der Waals surface area contributed by atoms with Crippen LogP contribution in [0.15, 0.2) is 0 Å². The molecule has 0 fully saturated rings. The fraction of sp³-hybridized carbons (Fsp3) is 0.926. The lowest BCUT2D eigenvalue weighted by atomic mass is 9.87. The molecule has 0 heterocycles. The second-order valence-corrected chi connectivity index (χ2v) is 9.43. The third-order valence-corrected chi connectivity index (χ3v) is 6.01. The van der Waals surface area contributed by atoms with Gasteiger partial charge < -0.3 is 9.47 Å². The van der Waals surface area contributed by atoms with Crippen LogP contribution in [0.25, 0.3) is 0 Å². The Hall–Kier alpha value is -1.06. The Morgan fingerprint density at radius 2 is 1.03 bits per heavy atom. The highest BCUT2D eigenvalue weighted by molar-refractivity contribution is 5.69. The third kappa shape index (κ3) is 20.6. The van der Waals surface area contributed by atoms with Gasteiger partial charge in [0.15, 0.2) is 0 Å². The number of hydrogen-bond acceptors (Lipinski definition) is 4. The van der Waals surface area contributed by atoms with Crippen molar-refractivity contribution in [2.45, 2.75) is 137 Å². The summed E-state index contributed by atoms with van der Waals surface area (Å²) in [5, 5.41) is 0. The van der Waals surface area contributed by atoms with Crippen LogP contribution in [0.1, 0.15) is 137 Å². The largest absolute Gasteiger partial charge is 0.466 e. The number of rotatable bonds is 22. The van der Waals surface area contributed by atoms with E-state index < -0.39 is 0 Å². The smallest absolute Gasteiger partial charge is 0.306 e. The van der Waals surface area contributed by atoms with Crippen molar-refractivity contribution in [2.75, 3.05) is 13.2 Å². The topological polar surface area (TPSA) is 52.6 Å². The first-order valence-corrected chi connectivity index (χ1v) is 13.3. The molecule has 0 aliphatic heterocycles. The maximum atomic E-state index is 11.9. The van der Waals surface area contributed by atoms with Crippen LogP contribution in [0.3, 0.4) is 0 Å². The zero-order chi connectivity index (χ0) is 23.2. The quantitative estimate of drug-likeness (QED) is 0.126. The molecule has 4 nitrogen and oxygen atoms in total. The molecule has 0 radical (unpaired) electrons. The first kappa shape index (κ1) is 29.9. The van der Waals surface area contributed by atoms with Crippen molar-refractivity contribution in [3.8, 4) is 0 Å². The summed E-state index contributed by atoms with van der Waals surface area (Å²) in [4.78, 5) is 23.3. The van der Waals surface area contributed by atoms with Gasteiger partial charge in [-0.3, -0.25) is 9.59 Å². The van der Waals surface area contributed by atoms with Gasteiger partial charge in [-0.05, 0) is 37.5 Å². The van der Waals surface area contributed by atoms with E-state index in [0.717, 1.165) is 32.1 Å². The Balaban J connectivity index is 3.45. The molecule has 0 spiro atoms. The Labute approximate surface area is 193 Å². The van der Waals surface area contributed by atoms with Gasteiger partial charge in [0.25, 0.3) is 0 Å². The summed E-state index contributed by atoms with van der Waals surface area (Å²) in [6.07, 6.45) is 19.3. The van der Waals surface area contributed by atoms with E-state index in [1.165, 1.54) is 64.2 Å². The molecule has 0 rings (SSSR count). The minimum atomic E-state index is -0.0314. The minimum Gasteiger partial charge on any atom is -0.466 e. The van der Waals surface area contributed by atoms with Gasteiger partial charge in [-0.25, -0.2) is 0 Å². The van der Waals surface area contributed by atoms with Crippen molar-refractivity contribution in [1.29, 1.82) is 0 Å². The summed E-state index contributed by atoms with van der Waals surface area (Å²) < 4.78 is 10.3. The second-order valence-electron chi connectivity index (χ2n) is 9.43. The van der Waals surface area contributed by atoms with Crippen LogP contribution in [0.4, 0.5) is 0 Å². The molecular weight excluding hydrogens is 388 g/mol. The van der Waals surface area contributed by atoms with Crippen molar-refractivity contribution in [2.24, 2.45) is 11.8 Å². The summed E-state index contributed by atoms with van der Waals surface area (Å²) in [5.41, 5.74) is 0. The molecule has 0 bridgehead atoms. The minimum absolute atomic E-state index is 0.0185. The van der Waals surface area contributed by atoms with Crippen molar-refractivity contribution in [3.05, 3.63) is 0 Å². The number of ether oxygens (including phenoxy) is 2. The maximum absolute atomic E-state index is 11.9. The fourth-order valence-corrected chi connectivity index (χ4v) is 3.89. The number of hydrogen-bond donors (Lipinski definition) is 0. The van der Waals surface area contributed by atoms with E-state index in [2.05, 4.69) is 13.8 Å². The molecule has 0 amide bonds. The zero-order valence-corrected chi connectivity index (χ0v) is 21.2. The van der Waals surface area contributed by atoms with E-state index in [9.17, 15) is 9.59 Å². The normalized spacial score (nSPS) is 12.2. The van der Waals surface area contributed by atoms with E-state index in [0.29, 0.717) is 37.9 Å². The Bertz CT molecular complexity index is 419. The summed E-state index contributed by atoms with van der Waals surface area (Å²) in [5.74, 6) is 0.960. The van der Waals surface area contributed by atoms with E-state index >= 15 is 0 Å². The molecule has 0 aliphatic rings. The van der Waals surface area contributed by atoms with E-state index in [1.54, 1.807) is 0 Å². The standard InChI is InChI=1S/C27H52O4/c1-5-21-30-26(28)20-18-16-14-12-10-8-7-9-11-13-15-17-19-25(24(3)4)23-27(29)31-22-6-2/h24-25H,5-23H2,1-4H3. The van der Waals surface area contributed by atoms with Gasteiger partial charge in [-0.2, -0.15) is 0 Å². The fourth-order valence-electron chi connectivity index (χ4n) is 3.89. The third-order valence-electron chi connectivity index (χ3n) is 6.01. The number of carbonyl (C=O) groups is 2. The van der Waals surface area contributed by atoms with E-state index in [1.807, 2.05) is 13.8 Å². The Morgan fingerprint density at radius 1 is 0.613 bits per heavy atom. The predicted octanol–water partition coefficient (Wildman–Crippen LogP) is 8.02. The molecule has 0 aromatic carbocycles. The summed E-state index contributed by atoms with van der Waals surface area (Å²) in [6, 6.07) is 0. The van der Waals surface area contributed by atoms with Crippen LogP contribution in [-0.4, -0.2) is 25.2 Å². The van der Waals surface area contributed by atoms with Crippen LogP contribution in [-0.2, 0) is 19.1 Å². The van der Waals surface area contributed by atoms with Crippen LogP contribution in [0.2, 0.25) is 0 Å². The molecule has 0 aliphatic carbocycles. The van der Waals surface area contributed by atoms with Crippen molar-refractivity contribution >= 4 is 11.9 Å². The predicted molar refractivity (Wildman–Crippen MR) is 130 cm³/mol.